The Morgan fingerprint density at radius 2 is 2.00 bits per heavy atom. The van der Waals surface area contributed by atoms with Gasteiger partial charge in [-0.15, -0.1) is 0 Å². The number of aryl methyl sites for hydroxylation is 1. The molecule has 0 aliphatic carbocycles. The van der Waals surface area contributed by atoms with E-state index in [0.29, 0.717) is 0 Å². The molecule has 0 spiro atoms. The van der Waals surface area contributed by atoms with Crippen molar-refractivity contribution in [1.29, 1.82) is 0 Å². The molecule has 0 aliphatic heterocycles. The van der Waals surface area contributed by atoms with Gasteiger partial charge in [-0.1, -0.05) is 49.6 Å². The van der Waals surface area contributed by atoms with Gasteiger partial charge in [-0.05, 0) is 31.6 Å². The minimum atomic E-state index is -1.17. The summed E-state index contributed by atoms with van der Waals surface area (Å²) in [6.07, 6.45) is 8.51. The Balaban J connectivity index is 2.90. The summed E-state index contributed by atoms with van der Waals surface area (Å²) >= 11 is 0. The molecule has 19 heavy (non-hydrogen) atoms. The molecule has 1 atom stereocenters. The lowest BCUT2D eigenvalue weighted by molar-refractivity contribution is 0.342. The number of benzene rings is 1. The molecule has 0 aromatic heterocycles. The highest BCUT2D eigenvalue weighted by molar-refractivity contribution is 7.89. The molecule has 0 heterocycles. The van der Waals surface area contributed by atoms with Crippen LogP contribution in [-0.4, -0.2) is 15.9 Å². The van der Waals surface area contributed by atoms with Crippen LogP contribution in [0.15, 0.2) is 52.3 Å². The van der Waals surface area contributed by atoms with E-state index in [9.17, 15) is 4.21 Å². The van der Waals surface area contributed by atoms with E-state index >= 15 is 0 Å². The fourth-order valence-corrected chi connectivity index (χ4v) is 2.77. The zero-order chi connectivity index (χ0) is 14.1. The lowest BCUT2D eigenvalue weighted by atomic mass is 10.2. The highest BCUT2D eigenvalue weighted by Crippen LogP contribution is 2.17. The van der Waals surface area contributed by atoms with Gasteiger partial charge in [-0.2, -0.15) is 0 Å². The molecule has 0 aliphatic rings. The smallest absolute Gasteiger partial charge is 0.0846 e. The molecule has 1 rings (SSSR count). The van der Waals surface area contributed by atoms with Gasteiger partial charge in [0, 0.05) is 9.80 Å². The van der Waals surface area contributed by atoms with Gasteiger partial charge in [0.05, 0.1) is 17.4 Å². The molecule has 1 aromatic rings. The third-order valence-electron chi connectivity index (χ3n) is 2.74. The topological polar surface area (TPSA) is 37.3 Å². The molecule has 1 N–H and O–H groups in total. The third-order valence-corrected chi connectivity index (χ3v) is 4.17. The van der Waals surface area contributed by atoms with Crippen LogP contribution in [0.25, 0.3) is 0 Å². The van der Waals surface area contributed by atoms with E-state index in [2.05, 4.69) is 6.92 Å². The first-order chi connectivity index (χ1) is 9.19. The van der Waals surface area contributed by atoms with Crippen LogP contribution in [0.1, 0.15) is 31.7 Å². The maximum atomic E-state index is 12.5. The molecule has 0 saturated heterocycles. The van der Waals surface area contributed by atoms with Crippen LogP contribution in [0.4, 0.5) is 0 Å². The van der Waals surface area contributed by atoms with Crippen molar-refractivity contribution in [3.05, 3.63) is 53.0 Å². The summed E-state index contributed by atoms with van der Waals surface area (Å²) in [4.78, 5) is 1.57. The van der Waals surface area contributed by atoms with Gasteiger partial charge in [0.1, 0.15) is 0 Å². The maximum Gasteiger partial charge on any atom is 0.0846 e. The van der Waals surface area contributed by atoms with Gasteiger partial charge >= 0.3 is 0 Å². The lowest BCUT2D eigenvalue weighted by Crippen LogP contribution is -1.95. The minimum Gasteiger partial charge on any atom is -0.392 e. The fourth-order valence-electron chi connectivity index (χ4n) is 1.62. The number of hydrogen-bond acceptors (Lipinski definition) is 2. The minimum absolute atomic E-state index is 0.0315. The second-order valence-corrected chi connectivity index (χ2v) is 5.90. The van der Waals surface area contributed by atoms with Crippen molar-refractivity contribution in [3.63, 3.8) is 0 Å². The Kier molecular flexibility index (Phi) is 7.38. The number of unbranched alkanes of at least 4 members (excludes halogenated alkanes) is 2. The molecule has 0 fully saturated rings. The van der Waals surface area contributed by atoms with E-state index < -0.39 is 10.8 Å². The Labute approximate surface area is 118 Å². The summed E-state index contributed by atoms with van der Waals surface area (Å²) in [5, 5.41) is 8.86. The van der Waals surface area contributed by atoms with E-state index in [4.69, 9.17) is 5.11 Å². The van der Waals surface area contributed by atoms with Gasteiger partial charge in [0.15, 0.2) is 0 Å². The molecule has 1 unspecified atom stereocenters. The quantitative estimate of drug-likeness (QED) is 0.609. The predicted molar refractivity (Wildman–Crippen MR) is 81.4 cm³/mol. The molecule has 0 bridgehead atoms. The van der Waals surface area contributed by atoms with Crippen molar-refractivity contribution in [2.24, 2.45) is 0 Å². The van der Waals surface area contributed by atoms with E-state index in [1.165, 1.54) is 0 Å². The Hall–Kier alpha value is -1.19. The van der Waals surface area contributed by atoms with E-state index in [1.807, 2.05) is 37.3 Å². The first-order valence-corrected chi connectivity index (χ1v) is 7.80. The van der Waals surface area contributed by atoms with Gasteiger partial charge in [-0.25, -0.2) is 4.21 Å². The van der Waals surface area contributed by atoms with Crippen molar-refractivity contribution in [2.45, 2.75) is 38.0 Å². The van der Waals surface area contributed by atoms with Crippen LogP contribution < -0.4 is 0 Å². The molecule has 0 amide bonds. The number of aliphatic hydroxyl groups excluding tert-OH is 1. The number of allylic oxidation sites excluding steroid dienone is 2. The lowest BCUT2D eigenvalue weighted by Gasteiger charge is -2.04. The fraction of sp³-hybridized carbons (Fsp3) is 0.375. The van der Waals surface area contributed by atoms with Crippen molar-refractivity contribution in [3.8, 4) is 0 Å². The summed E-state index contributed by atoms with van der Waals surface area (Å²) < 4.78 is 12.5. The van der Waals surface area contributed by atoms with Crippen molar-refractivity contribution >= 4 is 10.8 Å². The normalized spacial score (nSPS) is 13.9. The number of aliphatic hydroxyl groups is 1. The molecule has 0 saturated carbocycles. The zero-order valence-corrected chi connectivity index (χ0v) is 12.5. The largest absolute Gasteiger partial charge is 0.392 e. The van der Waals surface area contributed by atoms with Crippen LogP contribution >= 0.6 is 0 Å². The van der Waals surface area contributed by atoms with Gasteiger partial charge < -0.3 is 5.11 Å². The highest BCUT2D eigenvalue weighted by atomic mass is 32.2. The Morgan fingerprint density at radius 1 is 1.32 bits per heavy atom. The number of rotatable bonds is 7. The van der Waals surface area contributed by atoms with Crippen molar-refractivity contribution in [1.82, 2.24) is 0 Å². The van der Waals surface area contributed by atoms with E-state index in [1.54, 1.807) is 12.2 Å². The van der Waals surface area contributed by atoms with Crippen LogP contribution in [0.3, 0.4) is 0 Å². The molecule has 2 nitrogen and oxygen atoms in total. The third kappa shape index (κ3) is 5.53. The zero-order valence-electron chi connectivity index (χ0n) is 11.6. The van der Waals surface area contributed by atoms with Crippen LogP contribution in [0, 0.1) is 6.92 Å². The summed E-state index contributed by atoms with van der Waals surface area (Å²) in [5.74, 6) is 0. The van der Waals surface area contributed by atoms with Crippen LogP contribution in [0.5, 0.6) is 0 Å². The Bertz CT molecular complexity index is 458. The van der Waals surface area contributed by atoms with E-state index in [0.717, 1.165) is 34.6 Å². The van der Waals surface area contributed by atoms with Gasteiger partial charge in [-0.3, -0.25) is 0 Å². The monoisotopic (exact) mass is 278 g/mol. The predicted octanol–water partition coefficient (Wildman–Crippen LogP) is 3.73. The maximum absolute atomic E-state index is 12.5. The van der Waals surface area contributed by atoms with Crippen LogP contribution in [-0.2, 0) is 10.8 Å². The molecule has 1 aromatic carbocycles. The Morgan fingerprint density at radius 3 is 2.58 bits per heavy atom. The first-order valence-electron chi connectivity index (χ1n) is 6.65. The average molecular weight is 278 g/mol. The molecular formula is C16H22O2S. The highest BCUT2D eigenvalue weighted by Gasteiger charge is 2.07. The van der Waals surface area contributed by atoms with Crippen molar-refractivity contribution < 1.29 is 9.32 Å². The van der Waals surface area contributed by atoms with Gasteiger partial charge in [0.2, 0.25) is 0 Å². The first kappa shape index (κ1) is 15.9. The second kappa shape index (κ2) is 8.83. The number of hydrogen-bond donors (Lipinski definition) is 1. The van der Waals surface area contributed by atoms with Crippen LogP contribution in [0.2, 0.25) is 0 Å². The molecular weight excluding hydrogens is 256 g/mol. The average Bonchev–Trinajstić information content (AvgIpc) is 2.43. The summed E-state index contributed by atoms with van der Waals surface area (Å²) in [7, 11) is -1.17. The van der Waals surface area contributed by atoms with E-state index in [-0.39, 0.29) is 6.61 Å². The summed E-state index contributed by atoms with van der Waals surface area (Å²) in [6, 6.07) is 7.72. The van der Waals surface area contributed by atoms with Gasteiger partial charge in [0.25, 0.3) is 0 Å². The summed E-state index contributed by atoms with van der Waals surface area (Å²) in [5.41, 5.74) is 1.16. The molecule has 104 valence electrons. The second-order valence-electron chi connectivity index (χ2n) is 4.42. The summed E-state index contributed by atoms with van der Waals surface area (Å²) in [6.45, 7) is 4.11. The standard InChI is InChI=1S/C16H22O2S/c1-3-4-5-7-15(8-6-13-17)19(18)16-11-9-14(2)10-12-16/h6-12,17H,3-5,13H2,1-2H3/b8-6-,15-7-. The SMILES string of the molecule is CCCC/C=C(/C=C\CO)S(=O)c1ccc(C)cc1. The molecule has 3 heteroatoms. The molecule has 0 radical (unpaired) electrons. The van der Waals surface area contributed by atoms with Crippen molar-refractivity contribution in [2.75, 3.05) is 6.61 Å².